The Labute approximate surface area is 38.8 Å². The van der Waals surface area contributed by atoms with E-state index in [0.29, 0.717) is 6.54 Å². The molecule has 0 unspecified atom stereocenters. The van der Waals surface area contributed by atoms with E-state index < -0.39 is 0 Å². The lowest BCUT2D eigenvalue weighted by molar-refractivity contribution is 1.07. The minimum absolute atomic E-state index is 0.659. The van der Waals surface area contributed by atoms with Crippen LogP contribution in [0.4, 0.5) is 0 Å². The minimum atomic E-state index is 0.659. The van der Waals surface area contributed by atoms with E-state index in [1.54, 1.807) is 0 Å². The summed E-state index contributed by atoms with van der Waals surface area (Å²) in [6.07, 6.45) is 4.72. The molecule has 0 atom stereocenters. The van der Waals surface area contributed by atoms with Gasteiger partial charge in [0.2, 0.25) is 0 Å². The van der Waals surface area contributed by atoms with Crippen LogP contribution in [-0.4, -0.2) is 6.54 Å². The Morgan fingerprint density at radius 2 is 2.33 bits per heavy atom. The Kier molecular flexibility index (Phi) is 4.46. The van der Waals surface area contributed by atoms with Gasteiger partial charge in [-0.15, -0.1) is 6.58 Å². The topological polar surface area (TPSA) is 26.0 Å². The van der Waals surface area contributed by atoms with Crippen LogP contribution in [0.2, 0.25) is 0 Å². The van der Waals surface area contributed by atoms with Gasteiger partial charge in [0.1, 0.15) is 0 Å². The molecule has 0 bridgehead atoms. The fourth-order valence-corrected chi connectivity index (χ4v) is 0.214. The maximum atomic E-state index is 5.11. The Balaban J connectivity index is 2.49. The van der Waals surface area contributed by atoms with Gasteiger partial charge in [0.25, 0.3) is 0 Å². The standard InChI is InChI=1S/C5H10N/c1-2-3-4-5-6/h2,4H,1,3,5-6H2. The van der Waals surface area contributed by atoms with Gasteiger partial charge in [-0.1, -0.05) is 6.08 Å². The molecule has 0 aromatic heterocycles. The Hall–Kier alpha value is -0.300. The van der Waals surface area contributed by atoms with Crippen LogP contribution < -0.4 is 5.73 Å². The average Bonchev–Trinajstić information content (AvgIpc) is 1.61. The van der Waals surface area contributed by atoms with Gasteiger partial charge in [0.15, 0.2) is 0 Å². The van der Waals surface area contributed by atoms with Crippen LogP contribution >= 0.6 is 0 Å². The van der Waals surface area contributed by atoms with E-state index in [1.807, 2.05) is 12.5 Å². The van der Waals surface area contributed by atoms with Crippen molar-refractivity contribution in [3.05, 3.63) is 19.1 Å². The average molecular weight is 84.1 g/mol. The molecule has 0 aromatic carbocycles. The third-order valence-electron chi connectivity index (χ3n) is 0.500. The van der Waals surface area contributed by atoms with Crippen LogP contribution in [0.3, 0.4) is 0 Å². The first kappa shape index (κ1) is 5.70. The van der Waals surface area contributed by atoms with E-state index in [1.165, 1.54) is 0 Å². The summed E-state index contributed by atoms with van der Waals surface area (Å²) in [7, 11) is 0. The first-order chi connectivity index (χ1) is 2.91. The molecule has 0 aliphatic carbocycles. The zero-order valence-electron chi connectivity index (χ0n) is 3.85. The smallest absolute Gasteiger partial charge is 0.00427 e. The molecule has 0 aliphatic heterocycles. The van der Waals surface area contributed by atoms with Gasteiger partial charge in [0, 0.05) is 0 Å². The molecule has 1 nitrogen and oxygen atoms in total. The lowest BCUT2D eigenvalue weighted by Crippen LogP contribution is -1.97. The van der Waals surface area contributed by atoms with Crippen LogP contribution in [0.25, 0.3) is 0 Å². The highest BCUT2D eigenvalue weighted by Gasteiger charge is 1.71. The van der Waals surface area contributed by atoms with Crippen molar-refractivity contribution < 1.29 is 0 Å². The fraction of sp³-hybridized carbons (Fsp3) is 0.400. The van der Waals surface area contributed by atoms with Gasteiger partial charge >= 0.3 is 0 Å². The quantitative estimate of drug-likeness (QED) is 0.396. The maximum Gasteiger partial charge on any atom is -0.00427 e. The maximum absolute atomic E-state index is 5.11. The van der Waals surface area contributed by atoms with Gasteiger partial charge in [-0.3, -0.25) is 0 Å². The zero-order chi connectivity index (χ0) is 4.83. The van der Waals surface area contributed by atoms with E-state index in [9.17, 15) is 0 Å². The molecule has 0 rings (SSSR count). The normalized spacial score (nSPS) is 8.17. The molecule has 0 heterocycles. The molecule has 0 saturated heterocycles. The number of nitrogens with two attached hydrogens (primary N) is 1. The molecule has 1 heteroatoms. The van der Waals surface area contributed by atoms with Crippen molar-refractivity contribution in [1.29, 1.82) is 0 Å². The predicted octanol–water partition coefficient (Wildman–Crippen LogP) is 0.725. The molecule has 1 radical (unpaired) electrons. The van der Waals surface area contributed by atoms with Crippen LogP contribution in [-0.2, 0) is 0 Å². The highest BCUT2D eigenvalue weighted by Crippen LogP contribution is 1.80. The summed E-state index contributed by atoms with van der Waals surface area (Å²) >= 11 is 0. The van der Waals surface area contributed by atoms with Gasteiger partial charge in [-0.05, 0) is 19.4 Å². The van der Waals surface area contributed by atoms with Crippen molar-refractivity contribution in [1.82, 2.24) is 0 Å². The molecular formula is C5H10N. The second-order valence-corrected chi connectivity index (χ2v) is 1.05. The summed E-state index contributed by atoms with van der Waals surface area (Å²) in [6.45, 7) is 4.17. The van der Waals surface area contributed by atoms with Crippen molar-refractivity contribution in [3.8, 4) is 0 Å². The first-order valence-electron chi connectivity index (χ1n) is 2.04. The molecule has 0 fully saturated rings. The van der Waals surface area contributed by atoms with E-state index in [0.717, 1.165) is 6.42 Å². The summed E-state index contributed by atoms with van der Waals surface area (Å²) in [5.74, 6) is 0. The van der Waals surface area contributed by atoms with Crippen LogP contribution in [0, 0.1) is 6.42 Å². The Bertz CT molecular complexity index is 32.9. The van der Waals surface area contributed by atoms with E-state index in [2.05, 4.69) is 6.58 Å². The van der Waals surface area contributed by atoms with Gasteiger partial charge in [-0.2, -0.15) is 0 Å². The van der Waals surface area contributed by atoms with Crippen LogP contribution in [0.1, 0.15) is 6.42 Å². The second kappa shape index (κ2) is 4.70. The van der Waals surface area contributed by atoms with Crippen molar-refractivity contribution in [2.75, 3.05) is 6.54 Å². The third kappa shape index (κ3) is 3.70. The number of allylic oxidation sites excluding steroid dienone is 1. The largest absolute Gasteiger partial charge is 0.330 e. The van der Waals surface area contributed by atoms with Gasteiger partial charge in [0.05, 0.1) is 0 Å². The van der Waals surface area contributed by atoms with Crippen molar-refractivity contribution in [2.24, 2.45) is 5.73 Å². The number of rotatable bonds is 3. The van der Waals surface area contributed by atoms with Crippen molar-refractivity contribution in [3.63, 3.8) is 0 Å². The van der Waals surface area contributed by atoms with Crippen molar-refractivity contribution in [2.45, 2.75) is 6.42 Å². The van der Waals surface area contributed by atoms with E-state index >= 15 is 0 Å². The molecule has 35 valence electrons. The third-order valence-corrected chi connectivity index (χ3v) is 0.500. The molecule has 0 aliphatic rings. The molecule has 2 N–H and O–H groups in total. The fourth-order valence-electron chi connectivity index (χ4n) is 0.214. The van der Waals surface area contributed by atoms with E-state index in [4.69, 9.17) is 5.73 Å². The lowest BCUT2D eigenvalue weighted by atomic mass is 10.3. The first-order valence-corrected chi connectivity index (χ1v) is 2.04. The summed E-state index contributed by atoms with van der Waals surface area (Å²) < 4.78 is 0. The Morgan fingerprint density at radius 3 is 2.50 bits per heavy atom. The molecule has 6 heavy (non-hydrogen) atoms. The van der Waals surface area contributed by atoms with E-state index in [-0.39, 0.29) is 0 Å². The van der Waals surface area contributed by atoms with Crippen LogP contribution in [0.5, 0.6) is 0 Å². The number of hydrogen-bond donors (Lipinski definition) is 1. The molecule has 0 saturated carbocycles. The molecule has 0 aromatic rings. The SMILES string of the molecule is C=CC[CH]CN. The number of unbranched alkanes of at least 4 members (excludes halogenated alkanes) is 1. The van der Waals surface area contributed by atoms with Crippen molar-refractivity contribution >= 4 is 0 Å². The zero-order valence-corrected chi connectivity index (χ0v) is 3.85. The summed E-state index contributed by atoms with van der Waals surface area (Å²) in [5.41, 5.74) is 5.11. The van der Waals surface area contributed by atoms with Crippen LogP contribution in [0.15, 0.2) is 12.7 Å². The number of hydrogen-bond acceptors (Lipinski definition) is 1. The minimum Gasteiger partial charge on any atom is -0.330 e. The summed E-state index contributed by atoms with van der Waals surface area (Å²) in [4.78, 5) is 0. The second-order valence-electron chi connectivity index (χ2n) is 1.05. The summed E-state index contributed by atoms with van der Waals surface area (Å²) in [5, 5.41) is 0. The monoisotopic (exact) mass is 84.1 g/mol. The summed E-state index contributed by atoms with van der Waals surface area (Å²) in [6, 6.07) is 0. The molecular weight excluding hydrogens is 74.1 g/mol. The molecule has 0 spiro atoms. The Morgan fingerprint density at radius 1 is 1.67 bits per heavy atom. The lowest BCUT2D eigenvalue weighted by Gasteiger charge is -1.82. The van der Waals surface area contributed by atoms with Gasteiger partial charge < -0.3 is 5.73 Å². The predicted molar refractivity (Wildman–Crippen MR) is 28.2 cm³/mol. The van der Waals surface area contributed by atoms with Gasteiger partial charge in [-0.25, -0.2) is 0 Å². The molecule has 0 amide bonds. The highest BCUT2D eigenvalue weighted by molar-refractivity contribution is 4.77. The highest BCUT2D eigenvalue weighted by atomic mass is 14.5.